The van der Waals surface area contributed by atoms with Gasteiger partial charge in [-0.05, 0) is 64.7 Å². The fourth-order valence-electron chi connectivity index (χ4n) is 5.51. The Morgan fingerprint density at radius 2 is 1.29 bits per heavy atom. The molecule has 1 spiro atoms. The van der Waals surface area contributed by atoms with Crippen LogP contribution in [0.5, 0.6) is 0 Å². The van der Waals surface area contributed by atoms with Crippen LogP contribution in [-0.4, -0.2) is 45.2 Å². The van der Waals surface area contributed by atoms with Gasteiger partial charge < -0.3 is 20.2 Å². The molecule has 0 bridgehead atoms. The number of nitrogens with one attached hydrogen (secondary N) is 1. The molecule has 0 aromatic heterocycles. The first kappa shape index (κ1) is 22.0. The zero-order chi connectivity index (χ0) is 24.6. The molecule has 1 heterocycles. The highest BCUT2D eigenvalue weighted by molar-refractivity contribution is 6.03. The summed E-state index contributed by atoms with van der Waals surface area (Å²) in [6, 6.07) is 17.4. The van der Waals surface area contributed by atoms with E-state index in [2.05, 4.69) is 65.4 Å². The predicted octanol–water partition coefficient (Wildman–Crippen LogP) is 4.19. The minimum Gasteiger partial charge on any atom is -0.478 e. The van der Waals surface area contributed by atoms with Gasteiger partial charge in [0, 0.05) is 56.1 Å². The third-order valence-electron chi connectivity index (χ3n) is 7.41. The second-order valence-electron chi connectivity index (χ2n) is 10.1. The Bertz CT molecular complexity index is 1310. The van der Waals surface area contributed by atoms with Crippen LogP contribution in [0.4, 0.5) is 11.4 Å². The first-order valence-electron chi connectivity index (χ1n) is 11.3. The van der Waals surface area contributed by atoms with Crippen LogP contribution in [0.25, 0.3) is 0 Å². The fourth-order valence-corrected chi connectivity index (χ4v) is 5.51. The molecule has 1 amide bonds. The fraction of sp³-hybridized carbons (Fsp3) is 0.286. The van der Waals surface area contributed by atoms with E-state index in [9.17, 15) is 14.7 Å². The van der Waals surface area contributed by atoms with E-state index in [1.807, 2.05) is 28.2 Å². The summed E-state index contributed by atoms with van der Waals surface area (Å²) in [7, 11) is 8.04. The molecule has 3 aromatic rings. The van der Waals surface area contributed by atoms with Crippen LogP contribution in [0.2, 0.25) is 0 Å². The van der Waals surface area contributed by atoms with E-state index in [4.69, 9.17) is 0 Å². The number of nitrogens with zero attached hydrogens (tertiary/aromatic N) is 2. The lowest BCUT2D eigenvalue weighted by Crippen LogP contribution is -2.48. The van der Waals surface area contributed by atoms with Crippen molar-refractivity contribution >= 4 is 23.3 Å². The van der Waals surface area contributed by atoms with Gasteiger partial charge in [0.05, 0.1) is 5.56 Å². The van der Waals surface area contributed by atoms with Crippen molar-refractivity contribution in [3.05, 3.63) is 93.5 Å². The minimum absolute atomic E-state index is 0.164. The summed E-state index contributed by atoms with van der Waals surface area (Å²) in [6.45, 7) is 4.42. The van der Waals surface area contributed by atoms with Gasteiger partial charge in [-0.2, -0.15) is 0 Å². The topological polar surface area (TPSA) is 72.9 Å². The third-order valence-corrected chi connectivity index (χ3v) is 7.41. The number of benzene rings is 3. The van der Waals surface area contributed by atoms with Crippen molar-refractivity contribution in [3.63, 3.8) is 0 Å². The Kier molecular flexibility index (Phi) is 4.60. The number of carboxylic acid groups (broad SMARTS) is 1. The van der Waals surface area contributed by atoms with Crippen LogP contribution in [0.15, 0.2) is 54.6 Å². The molecule has 0 radical (unpaired) electrons. The molecule has 174 valence electrons. The first-order valence-corrected chi connectivity index (χ1v) is 11.3. The number of hydrogen-bond acceptors (Lipinski definition) is 4. The highest BCUT2D eigenvalue weighted by Crippen LogP contribution is 2.55. The highest BCUT2D eigenvalue weighted by Gasteiger charge is 2.53. The number of carbonyl (C=O) groups excluding carboxylic acids is 1. The number of hydrogen-bond donors (Lipinski definition) is 2. The molecule has 1 aliphatic heterocycles. The molecular weight excluding hydrogens is 426 g/mol. The number of anilines is 2. The summed E-state index contributed by atoms with van der Waals surface area (Å²) in [5.41, 5.74) is 6.35. The molecule has 34 heavy (non-hydrogen) atoms. The third kappa shape index (κ3) is 2.81. The molecule has 0 saturated heterocycles. The van der Waals surface area contributed by atoms with E-state index < -0.39 is 11.5 Å². The lowest BCUT2D eigenvalue weighted by atomic mass is 9.60. The van der Waals surface area contributed by atoms with Crippen molar-refractivity contribution < 1.29 is 14.7 Å². The maximum absolute atomic E-state index is 13.3. The van der Waals surface area contributed by atoms with Crippen LogP contribution >= 0.6 is 0 Å². The van der Waals surface area contributed by atoms with E-state index in [1.54, 1.807) is 12.1 Å². The van der Waals surface area contributed by atoms with Gasteiger partial charge in [-0.3, -0.25) is 4.79 Å². The number of amides is 1. The zero-order valence-corrected chi connectivity index (χ0v) is 20.4. The average molecular weight is 456 g/mol. The molecule has 0 fully saturated rings. The first-order chi connectivity index (χ1) is 16.0. The molecule has 6 heteroatoms. The smallest absolute Gasteiger partial charge is 0.335 e. The van der Waals surface area contributed by atoms with Crippen molar-refractivity contribution in [2.75, 3.05) is 38.0 Å². The SMILES string of the molecule is CN(C)c1ccc2c(c1)C(C)(C)c1cc(N(C)C)ccc1C21NC(=O)c2ccc(C(=O)O)cc21. The summed E-state index contributed by atoms with van der Waals surface area (Å²) in [5, 5.41) is 13.0. The summed E-state index contributed by atoms with van der Waals surface area (Å²) in [6.07, 6.45) is 0. The van der Waals surface area contributed by atoms with Crippen LogP contribution in [0.3, 0.4) is 0 Å². The van der Waals surface area contributed by atoms with E-state index in [0.29, 0.717) is 11.1 Å². The molecule has 5 rings (SSSR count). The molecular formula is C28H29N3O3. The lowest BCUT2D eigenvalue weighted by molar-refractivity contribution is 0.0696. The van der Waals surface area contributed by atoms with Crippen LogP contribution in [0, 0.1) is 0 Å². The van der Waals surface area contributed by atoms with Crippen LogP contribution in [0.1, 0.15) is 62.4 Å². The molecule has 3 aromatic carbocycles. The minimum atomic E-state index is -1.01. The standard InChI is InChI=1S/C28H29N3O3/c1-27(2)23-14-17(30(3)4)8-11-20(23)28(21-12-9-18(31(5)6)15-24(21)27)22-13-16(26(33)34)7-10-19(22)25(32)29-28/h7-15H,1-6H3,(H,29,32)(H,33,34). The summed E-state index contributed by atoms with van der Waals surface area (Å²) in [5.74, 6) is -1.21. The number of carbonyl (C=O) groups is 2. The average Bonchev–Trinajstić information content (AvgIpc) is 3.09. The quantitative estimate of drug-likeness (QED) is 0.620. The maximum atomic E-state index is 13.3. The van der Waals surface area contributed by atoms with Crippen LogP contribution in [-0.2, 0) is 11.0 Å². The van der Waals surface area contributed by atoms with E-state index >= 15 is 0 Å². The van der Waals surface area contributed by atoms with Gasteiger partial charge in [0.25, 0.3) is 5.91 Å². The molecule has 1 aliphatic carbocycles. The Morgan fingerprint density at radius 1 is 0.765 bits per heavy atom. The van der Waals surface area contributed by atoms with E-state index in [1.165, 1.54) is 6.07 Å². The second kappa shape index (κ2) is 7.10. The van der Waals surface area contributed by atoms with Gasteiger partial charge in [0.2, 0.25) is 0 Å². The number of carboxylic acids is 1. The van der Waals surface area contributed by atoms with Crippen molar-refractivity contribution in [1.29, 1.82) is 0 Å². The number of fused-ring (bicyclic) bond motifs is 6. The van der Waals surface area contributed by atoms with Gasteiger partial charge in [0.15, 0.2) is 0 Å². The Labute approximate surface area is 199 Å². The van der Waals surface area contributed by atoms with E-state index in [0.717, 1.165) is 33.6 Å². The van der Waals surface area contributed by atoms with Crippen molar-refractivity contribution in [1.82, 2.24) is 5.32 Å². The molecule has 2 aliphatic rings. The van der Waals surface area contributed by atoms with Crippen molar-refractivity contribution in [2.45, 2.75) is 24.8 Å². The molecule has 0 unspecified atom stereocenters. The monoisotopic (exact) mass is 455 g/mol. The Balaban J connectivity index is 1.93. The number of rotatable bonds is 3. The van der Waals surface area contributed by atoms with Gasteiger partial charge in [-0.15, -0.1) is 0 Å². The molecule has 6 nitrogen and oxygen atoms in total. The summed E-state index contributed by atoms with van der Waals surface area (Å²) in [4.78, 5) is 29.3. The molecule has 0 saturated carbocycles. The lowest BCUT2D eigenvalue weighted by Gasteiger charge is -2.46. The Hall–Kier alpha value is -3.80. The van der Waals surface area contributed by atoms with Gasteiger partial charge in [-0.1, -0.05) is 26.0 Å². The van der Waals surface area contributed by atoms with Crippen molar-refractivity contribution in [3.8, 4) is 0 Å². The van der Waals surface area contributed by atoms with E-state index in [-0.39, 0.29) is 16.9 Å². The van der Waals surface area contributed by atoms with Gasteiger partial charge >= 0.3 is 5.97 Å². The van der Waals surface area contributed by atoms with Gasteiger partial charge in [-0.25, -0.2) is 4.79 Å². The van der Waals surface area contributed by atoms with Crippen molar-refractivity contribution in [2.24, 2.45) is 0 Å². The normalized spacial score (nSPS) is 16.4. The second-order valence-corrected chi connectivity index (χ2v) is 10.1. The zero-order valence-electron chi connectivity index (χ0n) is 20.4. The summed E-state index contributed by atoms with van der Waals surface area (Å²) < 4.78 is 0. The van der Waals surface area contributed by atoms with Crippen LogP contribution < -0.4 is 15.1 Å². The Morgan fingerprint density at radius 3 is 1.76 bits per heavy atom. The maximum Gasteiger partial charge on any atom is 0.335 e. The summed E-state index contributed by atoms with van der Waals surface area (Å²) >= 11 is 0. The predicted molar refractivity (Wildman–Crippen MR) is 134 cm³/mol. The molecule has 2 N–H and O–H groups in total. The molecule has 0 atom stereocenters. The number of aromatic carboxylic acids is 1. The highest BCUT2D eigenvalue weighted by atomic mass is 16.4. The largest absolute Gasteiger partial charge is 0.478 e. The van der Waals surface area contributed by atoms with Gasteiger partial charge in [0.1, 0.15) is 5.54 Å².